The second-order valence-electron chi connectivity index (χ2n) is 7.30. The maximum Gasteiger partial charge on any atom is 0.295 e. The minimum absolute atomic E-state index is 0.0950. The highest BCUT2D eigenvalue weighted by Crippen LogP contribution is 2.41. The number of carbonyl (C=O) groups is 2. The molecular formula is C24H27NO5. The predicted octanol–water partition coefficient (Wildman–Crippen LogP) is 4.23. The number of ether oxygens (including phenoxy) is 2. The van der Waals surface area contributed by atoms with E-state index in [1.54, 1.807) is 49.5 Å². The molecule has 0 aliphatic carbocycles. The Kier molecular flexibility index (Phi) is 6.45. The third kappa shape index (κ3) is 3.90. The molecule has 1 heterocycles. The van der Waals surface area contributed by atoms with Crippen molar-refractivity contribution >= 4 is 17.4 Å². The fourth-order valence-electron chi connectivity index (χ4n) is 3.77. The second kappa shape index (κ2) is 9.03. The van der Waals surface area contributed by atoms with E-state index in [2.05, 4.69) is 0 Å². The standard InChI is InChI=1S/C24H27NO5/c1-5-6-12-25-21(16-8-7-9-17(14-16)29-3)20(23(27)24(25)28)22(26)19-11-10-18(30-4)13-15(19)2/h7-11,13-14,21,26H,5-6,12H2,1-4H3/b22-20-. The molecule has 1 amide bonds. The van der Waals surface area contributed by atoms with Gasteiger partial charge in [-0.2, -0.15) is 0 Å². The molecule has 158 valence electrons. The zero-order chi connectivity index (χ0) is 21.8. The van der Waals surface area contributed by atoms with Crippen molar-refractivity contribution in [2.24, 2.45) is 0 Å². The lowest BCUT2D eigenvalue weighted by Crippen LogP contribution is -2.30. The SMILES string of the molecule is CCCCN1C(=O)C(=O)/C(=C(\O)c2ccc(OC)cc2C)C1c1cccc(OC)c1. The molecule has 6 heteroatoms. The molecule has 1 fully saturated rings. The number of ketones is 1. The van der Waals surface area contributed by atoms with Crippen LogP contribution in [0.15, 0.2) is 48.0 Å². The van der Waals surface area contributed by atoms with Crippen molar-refractivity contribution in [2.45, 2.75) is 32.7 Å². The Balaban J connectivity index is 2.19. The highest BCUT2D eigenvalue weighted by Gasteiger charge is 2.45. The van der Waals surface area contributed by atoms with Crippen molar-refractivity contribution in [2.75, 3.05) is 20.8 Å². The number of aliphatic hydroxyl groups excluding tert-OH is 1. The lowest BCUT2D eigenvalue weighted by Gasteiger charge is -2.25. The first-order valence-electron chi connectivity index (χ1n) is 10.00. The van der Waals surface area contributed by atoms with E-state index in [1.165, 1.54) is 0 Å². The maximum atomic E-state index is 13.0. The van der Waals surface area contributed by atoms with E-state index in [4.69, 9.17) is 9.47 Å². The van der Waals surface area contributed by atoms with Gasteiger partial charge in [-0.3, -0.25) is 9.59 Å². The molecule has 2 aromatic rings. The summed E-state index contributed by atoms with van der Waals surface area (Å²) in [5.41, 5.74) is 2.06. The van der Waals surface area contributed by atoms with Crippen molar-refractivity contribution in [3.63, 3.8) is 0 Å². The number of aliphatic hydroxyl groups is 1. The van der Waals surface area contributed by atoms with Crippen LogP contribution in [0, 0.1) is 6.92 Å². The number of benzene rings is 2. The summed E-state index contributed by atoms with van der Waals surface area (Å²) in [5, 5.41) is 11.2. The number of hydrogen-bond donors (Lipinski definition) is 1. The Morgan fingerprint density at radius 1 is 1.07 bits per heavy atom. The average Bonchev–Trinajstić information content (AvgIpc) is 3.01. The monoisotopic (exact) mass is 409 g/mol. The Labute approximate surface area is 176 Å². The smallest absolute Gasteiger partial charge is 0.295 e. The normalized spacial score (nSPS) is 18.0. The summed E-state index contributed by atoms with van der Waals surface area (Å²) in [6, 6.07) is 11.8. The van der Waals surface area contributed by atoms with E-state index in [0.29, 0.717) is 23.6 Å². The summed E-state index contributed by atoms with van der Waals surface area (Å²) in [7, 11) is 3.13. The van der Waals surface area contributed by atoms with Crippen LogP contribution < -0.4 is 9.47 Å². The number of aryl methyl sites for hydroxylation is 1. The zero-order valence-electron chi connectivity index (χ0n) is 17.8. The first-order valence-corrected chi connectivity index (χ1v) is 10.00. The van der Waals surface area contributed by atoms with Gasteiger partial charge < -0.3 is 19.5 Å². The molecule has 2 aromatic carbocycles. The van der Waals surface area contributed by atoms with E-state index >= 15 is 0 Å². The molecule has 3 rings (SSSR count). The number of rotatable bonds is 7. The molecule has 0 aromatic heterocycles. The molecule has 1 N–H and O–H groups in total. The number of likely N-dealkylation sites (tertiary alicyclic amines) is 1. The largest absolute Gasteiger partial charge is 0.507 e. The number of amides is 1. The number of Topliss-reactive ketones (excluding diaryl/α,β-unsaturated/α-hetero) is 1. The van der Waals surface area contributed by atoms with Gasteiger partial charge >= 0.3 is 0 Å². The molecule has 1 unspecified atom stereocenters. The van der Waals surface area contributed by atoms with Gasteiger partial charge in [0.1, 0.15) is 17.3 Å². The Morgan fingerprint density at radius 2 is 1.77 bits per heavy atom. The van der Waals surface area contributed by atoms with Gasteiger partial charge in [0.25, 0.3) is 11.7 Å². The van der Waals surface area contributed by atoms with Gasteiger partial charge in [0.05, 0.1) is 25.8 Å². The zero-order valence-corrected chi connectivity index (χ0v) is 17.8. The quantitative estimate of drug-likeness (QED) is 0.421. The average molecular weight is 409 g/mol. The minimum atomic E-state index is -0.674. The topological polar surface area (TPSA) is 76.1 Å². The van der Waals surface area contributed by atoms with Crippen LogP contribution in [0.25, 0.3) is 5.76 Å². The fraction of sp³-hybridized carbons (Fsp3) is 0.333. The van der Waals surface area contributed by atoms with Crippen molar-refractivity contribution in [3.05, 3.63) is 64.7 Å². The molecule has 30 heavy (non-hydrogen) atoms. The molecule has 1 atom stereocenters. The van der Waals surface area contributed by atoms with Crippen LogP contribution in [0.1, 0.15) is 42.5 Å². The summed E-state index contributed by atoms with van der Waals surface area (Å²) < 4.78 is 10.6. The second-order valence-corrected chi connectivity index (χ2v) is 7.30. The Hall–Kier alpha value is -3.28. The van der Waals surface area contributed by atoms with Gasteiger partial charge in [-0.25, -0.2) is 0 Å². The van der Waals surface area contributed by atoms with E-state index < -0.39 is 17.7 Å². The Morgan fingerprint density at radius 3 is 2.40 bits per heavy atom. The van der Waals surface area contributed by atoms with Gasteiger partial charge in [-0.15, -0.1) is 0 Å². The predicted molar refractivity (Wildman–Crippen MR) is 115 cm³/mol. The summed E-state index contributed by atoms with van der Waals surface area (Å²) in [5.74, 6) is -0.179. The van der Waals surface area contributed by atoms with Crippen molar-refractivity contribution in [1.29, 1.82) is 0 Å². The minimum Gasteiger partial charge on any atom is -0.507 e. The molecule has 0 bridgehead atoms. The van der Waals surface area contributed by atoms with Gasteiger partial charge in [-0.05, 0) is 54.8 Å². The fourth-order valence-corrected chi connectivity index (χ4v) is 3.77. The van der Waals surface area contributed by atoms with E-state index in [0.717, 1.165) is 24.0 Å². The summed E-state index contributed by atoms with van der Waals surface area (Å²) in [6.45, 7) is 4.28. The van der Waals surface area contributed by atoms with Crippen molar-refractivity contribution < 1.29 is 24.2 Å². The highest BCUT2D eigenvalue weighted by molar-refractivity contribution is 6.46. The number of hydrogen-bond acceptors (Lipinski definition) is 5. The third-order valence-electron chi connectivity index (χ3n) is 5.39. The van der Waals surface area contributed by atoms with Crippen LogP contribution in [0.2, 0.25) is 0 Å². The molecule has 0 saturated carbocycles. The van der Waals surface area contributed by atoms with Crippen LogP contribution in [0.4, 0.5) is 0 Å². The number of unbranched alkanes of at least 4 members (excludes halogenated alkanes) is 1. The lowest BCUT2D eigenvalue weighted by molar-refractivity contribution is -0.139. The molecule has 0 radical (unpaired) electrons. The molecule has 1 aliphatic rings. The van der Waals surface area contributed by atoms with Gasteiger partial charge in [0.15, 0.2) is 0 Å². The molecule has 6 nitrogen and oxygen atoms in total. The van der Waals surface area contributed by atoms with Gasteiger partial charge in [0.2, 0.25) is 0 Å². The molecule has 0 spiro atoms. The first kappa shape index (κ1) is 21.4. The van der Waals surface area contributed by atoms with Crippen LogP contribution in [0.5, 0.6) is 11.5 Å². The van der Waals surface area contributed by atoms with Gasteiger partial charge in [-0.1, -0.05) is 25.5 Å². The van der Waals surface area contributed by atoms with Gasteiger partial charge in [0, 0.05) is 12.1 Å². The lowest BCUT2D eigenvalue weighted by atomic mass is 9.93. The number of carbonyl (C=O) groups excluding carboxylic acids is 2. The third-order valence-corrected chi connectivity index (χ3v) is 5.39. The van der Waals surface area contributed by atoms with Crippen LogP contribution >= 0.6 is 0 Å². The van der Waals surface area contributed by atoms with E-state index in [-0.39, 0.29) is 11.3 Å². The number of methoxy groups -OCH3 is 2. The summed E-state index contributed by atoms with van der Waals surface area (Å²) >= 11 is 0. The Bertz CT molecular complexity index is 995. The highest BCUT2D eigenvalue weighted by atomic mass is 16.5. The molecule has 1 saturated heterocycles. The van der Waals surface area contributed by atoms with Crippen LogP contribution in [-0.2, 0) is 9.59 Å². The molecule has 1 aliphatic heterocycles. The first-order chi connectivity index (χ1) is 14.4. The van der Waals surface area contributed by atoms with Crippen LogP contribution in [0.3, 0.4) is 0 Å². The van der Waals surface area contributed by atoms with Crippen molar-refractivity contribution in [3.8, 4) is 11.5 Å². The maximum absolute atomic E-state index is 13.0. The van der Waals surface area contributed by atoms with E-state index in [1.807, 2.05) is 26.0 Å². The van der Waals surface area contributed by atoms with Crippen LogP contribution in [-0.4, -0.2) is 42.5 Å². The molecular weight excluding hydrogens is 382 g/mol. The summed E-state index contributed by atoms with van der Waals surface area (Å²) in [6.07, 6.45) is 1.64. The van der Waals surface area contributed by atoms with E-state index in [9.17, 15) is 14.7 Å². The summed E-state index contributed by atoms with van der Waals surface area (Å²) in [4.78, 5) is 27.4. The number of nitrogens with zero attached hydrogens (tertiary/aromatic N) is 1. The van der Waals surface area contributed by atoms with Crippen molar-refractivity contribution in [1.82, 2.24) is 4.90 Å².